The van der Waals surface area contributed by atoms with Crippen LogP contribution in [0.4, 0.5) is 5.69 Å². The molecule has 0 fully saturated rings. The Labute approximate surface area is 192 Å². The normalized spacial score (nSPS) is 11.6. The number of oxazole rings is 1. The fourth-order valence-electron chi connectivity index (χ4n) is 3.45. The smallest absolute Gasteiger partial charge is 0.302 e. The molecule has 0 atom stereocenters. The molecule has 0 aliphatic heterocycles. The number of amides is 1. The number of azo groups is 1. The van der Waals surface area contributed by atoms with Crippen LogP contribution in [0.2, 0.25) is 5.02 Å². The van der Waals surface area contributed by atoms with Crippen LogP contribution in [-0.4, -0.2) is 27.2 Å². The molecule has 8 nitrogen and oxygen atoms in total. The van der Waals surface area contributed by atoms with Gasteiger partial charge in [0, 0.05) is 23.0 Å². The van der Waals surface area contributed by atoms with Crippen molar-refractivity contribution in [3.63, 3.8) is 0 Å². The number of fused-ring (bicyclic) bond motifs is 2. The zero-order valence-corrected chi connectivity index (χ0v) is 18.2. The Hall–Kier alpha value is -4.17. The highest BCUT2D eigenvalue weighted by Crippen LogP contribution is 2.39. The SMILES string of the molecule is Cn1c(O)c(N=NC(=O)COc2ccc(-c3nc4ccccc4o3)cc2)c2cc(Cl)ccc21. The molecule has 33 heavy (non-hydrogen) atoms. The summed E-state index contributed by atoms with van der Waals surface area (Å²) >= 11 is 6.04. The second kappa shape index (κ2) is 8.40. The van der Waals surface area contributed by atoms with Gasteiger partial charge in [-0.25, -0.2) is 4.98 Å². The van der Waals surface area contributed by atoms with Gasteiger partial charge in [-0.15, -0.1) is 10.2 Å². The van der Waals surface area contributed by atoms with Crippen LogP contribution in [-0.2, 0) is 11.8 Å². The number of aromatic hydroxyl groups is 1. The van der Waals surface area contributed by atoms with Crippen LogP contribution >= 0.6 is 11.6 Å². The van der Waals surface area contributed by atoms with Gasteiger partial charge in [0.25, 0.3) is 0 Å². The fourth-order valence-corrected chi connectivity index (χ4v) is 3.62. The van der Waals surface area contributed by atoms with Gasteiger partial charge in [0.1, 0.15) is 11.3 Å². The van der Waals surface area contributed by atoms with Crippen LogP contribution in [0.3, 0.4) is 0 Å². The molecule has 9 heteroatoms. The number of rotatable bonds is 5. The first-order valence-electron chi connectivity index (χ1n) is 10.00. The lowest BCUT2D eigenvalue weighted by molar-refractivity contribution is -0.120. The van der Waals surface area contributed by atoms with E-state index in [9.17, 15) is 9.90 Å². The first-order chi connectivity index (χ1) is 16.0. The van der Waals surface area contributed by atoms with Gasteiger partial charge in [-0.1, -0.05) is 23.7 Å². The molecular weight excluding hydrogens is 444 g/mol. The van der Waals surface area contributed by atoms with Crippen LogP contribution in [0.5, 0.6) is 11.6 Å². The van der Waals surface area contributed by atoms with E-state index in [2.05, 4.69) is 15.2 Å². The second-order valence-electron chi connectivity index (χ2n) is 7.29. The van der Waals surface area contributed by atoms with Crippen molar-refractivity contribution >= 4 is 45.2 Å². The van der Waals surface area contributed by atoms with E-state index in [-0.39, 0.29) is 18.2 Å². The Morgan fingerprint density at radius 3 is 2.73 bits per heavy atom. The van der Waals surface area contributed by atoms with Gasteiger partial charge in [-0.3, -0.25) is 4.79 Å². The van der Waals surface area contributed by atoms with E-state index in [0.717, 1.165) is 11.1 Å². The molecule has 3 aromatic carbocycles. The highest BCUT2D eigenvalue weighted by molar-refractivity contribution is 6.31. The quantitative estimate of drug-likeness (QED) is 0.322. The first-order valence-corrected chi connectivity index (χ1v) is 10.4. The third kappa shape index (κ3) is 4.04. The molecule has 164 valence electrons. The topological polar surface area (TPSA) is 102 Å². The lowest BCUT2D eigenvalue weighted by atomic mass is 10.2. The number of carbonyl (C=O) groups is 1. The van der Waals surface area contributed by atoms with Gasteiger partial charge in [-0.05, 0) is 54.6 Å². The molecule has 1 amide bonds. The predicted octanol–water partition coefficient (Wildman–Crippen LogP) is 6.03. The summed E-state index contributed by atoms with van der Waals surface area (Å²) in [7, 11) is 1.68. The minimum absolute atomic E-state index is 0.112. The number of halogens is 1. The summed E-state index contributed by atoms with van der Waals surface area (Å²) in [6, 6.07) is 19.7. The number of nitrogens with zero attached hydrogens (tertiary/aromatic N) is 4. The van der Waals surface area contributed by atoms with Crippen molar-refractivity contribution in [3.8, 4) is 23.1 Å². The molecule has 1 N–H and O–H groups in total. The molecule has 5 aromatic rings. The molecule has 0 bridgehead atoms. The molecule has 0 saturated heterocycles. The number of para-hydroxylation sites is 2. The summed E-state index contributed by atoms with van der Waals surface area (Å²) in [5, 5.41) is 19.0. The van der Waals surface area contributed by atoms with Gasteiger partial charge in [0.05, 0.1) is 5.52 Å². The summed E-state index contributed by atoms with van der Waals surface area (Å²) in [5.41, 5.74) is 3.17. The standard InChI is InChI=1S/C24H17ClN4O4/c1-29-19-11-8-15(25)12-17(19)22(24(29)31)28-27-21(30)13-32-16-9-6-14(7-10-16)23-26-18-4-2-3-5-20(18)33-23/h2-12,31H,13H2,1H3. The Balaban J connectivity index is 1.26. The van der Waals surface area contributed by atoms with E-state index in [1.54, 1.807) is 54.1 Å². The van der Waals surface area contributed by atoms with Crippen LogP contribution < -0.4 is 4.74 Å². The van der Waals surface area contributed by atoms with Gasteiger partial charge in [0.15, 0.2) is 17.9 Å². The largest absolute Gasteiger partial charge is 0.493 e. The lowest BCUT2D eigenvalue weighted by Crippen LogP contribution is -2.07. The Morgan fingerprint density at radius 2 is 1.94 bits per heavy atom. The van der Waals surface area contributed by atoms with Crippen molar-refractivity contribution in [2.75, 3.05) is 6.61 Å². The third-order valence-electron chi connectivity index (χ3n) is 5.12. The molecule has 0 saturated carbocycles. The summed E-state index contributed by atoms with van der Waals surface area (Å²) < 4.78 is 12.8. The van der Waals surface area contributed by atoms with Gasteiger partial charge >= 0.3 is 5.91 Å². The molecule has 0 aliphatic rings. The number of aryl methyl sites for hydroxylation is 1. The maximum atomic E-state index is 12.2. The minimum Gasteiger partial charge on any atom is -0.493 e. The molecule has 0 aliphatic carbocycles. The molecule has 0 spiro atoms. The Kier molecular flexibility index (Phi) is 5.27. The van der Waals surface area contributed by atoms with Gasteiger partial charge in [0.2, 0.25) is 11.8 Å². The van der Waals surface area contributed by atoms with Crippen LogP contribution in [0.1, 0.15) is 0 Å². The van der Waals surface area contributed by atoms with E-state index in [1.165, 1.54) is 0 Å². The van der Waals surface area contributed by atoms with Gasteiger partial charge < -0.3 is 18.8 Å². The van der Waals surface area contributed by atoms with Crippen molar-refractivity contribution < 1.29 is 19.1 Å². The average molecular weight is 461 g/mol. The number of ether oxygens (including phenoxy) is 1. The van der Waals surface area contributed by atoms with Crippen LogP contribution in [0.25, 0.3) is 33.5 Å². The van der Waals surface area contributed by atoms with E-state index in [0.29, 0.717) is 33.1 Å². The minimum atomic E-state index is -0.601. The zero-order valence-electron chi connectivity index (χ0n) is 17.4. The number of hydrogen-bond donors (Lipinski definition) is 1. The first kappa shape index (κ1) is 20.7. The summed E-state index contributed by atoms with van der Waals surface area (Å²) in [6.45, 7) is -0.308. The van der Waals surface area contributed by atoms with E-state index >= 15 is 0 Å². The number of hydrogen-bond acceptors (Lipinski definition) is 6. The number of carbonyl (C=O) groups excluding carboxylic acids is 1. The number of benzene rings is 3. The molecule has 0 radical (unpaired) electrons. The average Bonchev–Trinajstić information content (AvgIpc) is 3.36. The van der Waals surface area contributed by atoms with Crippen LogP contribution in [0.15, 0.2) is 81.4 Å². The zero-order chi connectivity index (χ0) is 22.9. The van der Waals surface area contributed by atoms with Crippen LogP contribution in [0, 0.1) is 0 Å². The number of aromatic nitrogens is 2. The summed E-state index contributed by atoms with van der Waals surface area (Å²) in [4.78, 5) is 16.6. The Morgan fingerprint density at radius 1 is 1.15 bits per heavy atom. The van der Waals surface area contributed by atoms with Crippen molar-refractivity contribution in [2.24, 2.45) is 17.3 Å². The highest BCUT2D eigenvalue weighted by atomic mass is 35.5. The fraction of sp³-hybridized carbons (Fsp3) is 0.0833. The van der Waals surface area contributed by atoms with Crippen molar-refractivity contribution in [2.45, 2.75) is 0 Å². The van der Waals surface area contributed by atoms with E-state index in [4.69, 9.17) is 20.8 Å². The third-order valence-corrected chi connectivity index (χ3v) is 5.36. The van der Waals surface area contributed by atoms with Crippen molar-refractivity contribution in [3.05, 3.63) is 71.8 Å². The molecular formula is C24H17ClN4O4. The predicted molar refractivity (Wildman–Crippen MR) is 124 cm³/mol. The second-order valence-corrected chi connectivity index (χ2v) is 7.72. The van der Waals surface area contributed by atoms with Crippen molar-refractivity contribution in [1.82, 2.24) is 9.55 Å². The maximum Gasteiger partial charge on any atom is 0.302 e. The summed E-state index contributed by atoms with van der Waals surface area (Å²) in [6.07, 6.45) is 0. The van der Waals surface area contributed by atoms with E-state index in [1.807, 2.05) is 24.3 Å². The molecule has 2 heterocycles. The molecule has 5 rings (SSSR count). The maximum absolute atomic E-state index is 12.2. The van der Waals surface area contributed by atoms with Crippen molar-refractivity contribution in [1.29, 1.82) is 0 Å². The highest BCUT2D eigenvalue weighted by Gasteiger charge is 2.15. The monoisotopic (exact) mass is 460 g/mol. The lowest BCUT2D eigenvalue weighted by Gasteiger charge is -2.03. The van der Waals surface area contributed by atoms with E-state index < -0.39 is 5.91 Å². The molecule has 2 aromatic heterocycles. The van der Waals surface area contributed by atoms with Gasteiger partial charge in [-0.2, -0.15) is 0 Å². The Bertz CT molecular complexity index is 1490. The summed E-state index contributed by atoms with van der Waals surface area (Å²) in [5.74, 6) is 0.275. The molecule has 0 unspecified atom stereocenters.